The number of carbonyl (C=O) groups is 2. The Balaban J connectivity index is 1.71. The van der Waals surface area contributed by atoms with Crippen LogP contribution in [0.15, 0.2) is 30.5 Å². The summed E-state index contributed by atoms with van der Waals surface area (Å²) in [5.41, 5.74) is 2.20. The molecule has 0 unspecified atom stereocenters. The van der Waals surface area contributed by atoms with Gasteiger partial charge in [0, 0.05) is 6.20 Å². The van der Waals surface area contributed by atoms with Crippen LogP contribution in [0.5, 0.6) is 0 Å². The number of fused-ring (bicyclic) bond motifs is 1. The van der Waals surface area contributed by atoms with E-state index >= 15 is 0 Å². The van der Waals surface area contributed by atoms with Crippen LogP contribution in [0.25, 0.3) is 10.2 Å². The predicted octanol–water partition coefficient (Wildman–Crippen LogP) is 2.53. The molecule has 0 atom stereocenters. The molecule has 3 rings (SSSR count). The lowest BCUT2D eigenvalue weighted by molar-refractivity contribution is -0.137. The van der Waals surface area contributed by atoms with E-state index in [-0.39, 0.29) is 24.6 Å². The molecule has 0 aliphatic heterocycles. The molecule has 0 bridgehead atoms. The molecule has 3 aromatic rings. The van der Waals surface area contributed by atoms with Gasteiger partial charge in [-0.2, -0.15) is 5.10 Å². The minimum absolute atomic E-state index is 0.0417. The number of nitrogens with one attached hydrogen (secondary N) is 1. The SMILES string of the molecule is Cc1ccc2nc(NC(=O)c3ccn(CCC(=O)O)n3)sc2c1. The van der Waals surface area contributed by atoms with Gasteiger partial charge in [0.15, 0.2) is 10.8 Å². The van der Waals surface area contributed by atoms with Gasteiger partial charge in [-0.3, -0.25) is 19.6 Å². The Labute approximate surface area is 135 Å². The Morgan fingerprint density at radius 3 is 2.96 bits per heavy atom. The number of carboxylic acid groups (broad SMARTS) is 1. The first kappa shape index (κ1) is 15.2. The van der Waals surface area contributed by atoms with Gasteiger partial charge in [-0.1, -0.05) is 17.4 Å². The van der Waals surface area contributed by atoms with Crippen molar-refractivity contribution in [1.82, 2.24) is 14.8 Å². The number of amides is 1. The molecule has 2 aromatic heterocycles. The number of nitrogens with zero attached hydrogens (tertiary/aromatic N) is 3. The summed E-state index contributed by atoms with van der Waals surface area (Å²) in [5, 5.41) is 15.9. The number of carboxylic acids is 1. The molecule has 0 radical (unpaired) electrons. The second-order valence-electron chi connectivity index (χ2n) is 5.05. The summed E-state index contributed by atoms with van der Waals surface area (Å²) >= 11 is 1.40. The van der Waals surface area contributed by atoms with E-state index in [1.165, 1.54) is 16.0 Å². The number of anilines is 1. The predicted molar refractivity (Wildman–Crippen MR) is 86.8 cm³/mol. The number of aromatic nitrogens is 3. The van der Waals surface area contributed by atoms with Crippen molar-refractivity contribution in [2.45, 2.75) is 19.9 Å². The van der Waals surface area contributed by atoms with Crippen LogP contribution < -0.4 is 5.32 Å². The molecule has 0 aliphatic carbocycles. The molecule has 0 spiro atoms. The van der Waals surface area contributed by atoms with Gasteiger partial charge in [-0.25, -0.2) is 4.98 Å². The molecule has 7 nitrogen and oxygen atoms in total. The van der Waals surface area contributed by atoms with E-state index in [2.05, 4.69) is 15.4 Å². The Morgan fingerprint density at radius 2 is 2.17 bits per heavy atom. The van der Waals surface area contributed by atoms with Crippen LogP contribution in [0.1, 0.15) is 22.5 Å². The second kappa shape index (κ2) is 6.17. The van der Waals surface area contributed by atoms with E-state index in [0.29, 0.717) is 5.13 Å². The Bertz CT molecular complexity index is 884. The van der Waals surface area contributed by atoms with Crippen molar-refractivity contribution in [3.05, 3.63) is 41.7 Å². The number of hydrogen-bond acceptors (Lipinski definition) is 5. The van der Waals surface area contributed by atoms with Gasteiger partial charge in [0.1, 0.15) is 0 Å². The van der Waals surface area contributed by atoms with E-state index in [4.69, 9.17) is 5.11 Å². The number of carbonyl (C=O) groups excluding carboxylic acids is 1. The number of aryl methyl sites for hydroxylation is 2. The maximum atomic E-state index is 12.2. The van der Waals surface area contributed by atoms with Crippen LogP contribution in [0.4, 0.5) is 5.13 Å². The summed E-state index contributed by atoms with van der Waals surface area (Å²) in [4.78, 5) is 27.1. The van der Waals surface area contributed by atoms with E-state index < -0.39 is 5.97 Å². The lowest BCUT2D eigenvalue weighted by Crippen LogP contribution is -2.13. The molecule has 0 fully saturated rings. The average molecular weight is 330 g/mol. The zero-order chi connectivity index (χ0) is 16.4. The minimum Gasteiger partial charge on any atom is -0.481 e. The highest BCUT2D eigenvalue weighted by molar-refractivity contribution is 7.22. The maximum absolute atomic E-state index is 12.2. The Hall–Kier alpha value is -2.74. The summed E-state index contributed by atoms with van der Waals surface area (Å²) in [7, 11) is 0. The van der Waals surface area contributed by atoms with Gasteiger partial charge >= 0.3 is 5.97 Å². The number of aliphatic carboxylic acids is 1. The molecule has 2 heterocycles. The summed E-state index contributed by atoms with van der Waals surface area (Å²) in [5.74, 6) is -1.27. The molecule has 1 aromatic carbocycles. The van der Waals surface area contributed by atoms with Crippen molar-refractivity contribution >= 4 is 38.6 Å². The van der Waals surface area contributed by atoms with Gasteiger partial charge in [-0.05, 0) is 30.7 Å². The monoisotopic (exact) mass is 330 g/mol. The van der Waals surface area contributed by atoms with Crippen LogP contribution >= 0.6 is 11.3 Å². The largest absolute Gasteiger partial charge is 0.481 e. The third-order valence-corrected chi connectivity index (χ3v) is 4.13. The van der Waals surface area contributed by atoms with Crippen molar-refractivity contribution in [1.29, 1.82) is 0 Å². The molecule has 23 heavy (non-hydrogen) atoms. The van der Waals surface area contributed by atoms with E-state index in [1.54, 1.807) is 12.3 Å². The number of hydrogen-bond donors (Lipinski definition) is 2. The molecule has 8 heteroatoms. The first-order valence-electron chi connectivity index (χ1n) is 6.95. The fourth-order valence-corrected chi connectivity index (χ4v) is 3.02. The summed E-state index contributed by atoms with van der Waals surface area (Å²) in [6.07, 6.45) is 1.54. The van der Waals surface area contributed by atoms with Crippen molar-refractivity contribution in [3.8, 4) is 0 Å². The number of rotatable bonds is 5. The average Bonchev–Trinajstić information content (AvgIpc) is 3.10. The number of benzene rings is 1. The lowest BCUT2D eigenvalue weighted by atomic mass is 10.2. The summed E-state index contributed by atoms with van der Waals surface area (Å²) in [6.45, 7) is 2.23. The van der Waals surface area contributed by atoms with Crippen molar-refractivity contribution in [3.63, 3.8) is 0 Å². The molecule has 2 N–H and O–H groups in total. The van der Waals surface area contributed by atoms with Crippen LogP contribution in [0, 0.1) is 6.92 Å². The normalized spacial score (nSPS) is 10.8. The third kappa shape index (κ3) is 3.54. The van der Waals surface area contributed by atoms with Crippen LogP contribution in [-0.2, 0) is 11.3 Å². The highest BCUT2D eigenvalue weighted by Crippen LogP contribution is 2.26. The maximum Gasteiger partial charge on any atom is 0.305 e. The minimum atomic E-state index is -0.906. The fraction of sp³-hybridized carbons (Fsp3) is 0.200. The first-order valence-corrected chi connectivity index (χ1v) is 7.77. The van der Waals surface area contributed by atoms with Crippen LogP contribution in [0.3, 0.4) is 0 Å². The Morgan fingerprint density at radius 1 is 1.35 bits per heavy atom. The van der Waals surface area contributed by atoms with Crippen molar-refractivity contribution in [2.75, 3.05) is 5.32 Å². The Kier molecular flexibility index (Phi) is 4.07. The number of thiazole rings is 1. The molecule has 0 aliphatic rings. The topological polar surface area (TPSA) is 97.1 Å². The van der Waals surface area contributed by atoms with Gasteiger partial charge in [0.25, 0.3) is 5.91 Å². The van der Waals surface area contributed by atoms with Crippen molar-refractivity contribution in [2.24, 2.45) is 0 Å². The molecular weight excluding hydrogens is 316 g/mol. The lowest BCUT2D eigenvalue weighted by Gasteiger charge is -1.98. The molecule has 0 saturated heterocycles. The highest BCUT2D eigenvalue weighted by Gasteiger charge is 2.13. The first-order chi connectivity index (χ1) is 11.0. The quantitative estimate of drug-likeness (QED) is 0.749. The van der Waals surface area contributed by atoms with Crippen LogP contribution in [0.2, 0.25) is 0 Å². The highest BCUT2D eigenvalue weighted by atomic mass is 32.1. The third-order valence-electron chi connectivity index (χ3n) is 3.19. The van der Waals surface area contributed by atoms with Crippen LogP contribution in [-0.4, -0.2) is 31.7 Å². The van der Waals surface area contributed by atoms with Gasteiger partial charge < -0.3 is 5.11 Å². The van der Waals surface area contributed by atoms with Gasteiger partial charge in [0.2, 0.25) is 0 Å². The molecule has 1 amide bonds. The molecular formula is C15H14N4O3S. The second-order valence-corrected chi connectivity index (χ2v) is 6.08. The van der Waals surface area contributed by atoms with Gasteiger partial charge in [0.05, 0.1) is 23.2 Å². The molecule has 0 saturated carbocycles. The van der Waals surface area contributed by atoms with Gasteiger partial charge in [-0.15, -0.1) is 0 Å². The smallest absolute Gasteiger partial charge is 0.305 e. The van der Waals surface area contributed by atoms with E-state index in [0.717, 1.165) is 15.8 Å². The zero-order valence-electron chi connectivity index (χ0n) is 12.3. The van der Waals surface area contributed by atoms with Crippen molar-refractivity contribution < 1.29 is 14.7 Å². The molecule has 118 valence electrons. The summed E-state index contributed by atoms with van der Waals surface area (Å²) < 4.78 is 2.44. The zero-order valence-corrected chi connectivity index (χ0v) is 13.1. The summed E-state index contributed by atoms with van der Waals surface area (Å²) in [6, 6.07) is 7.45. The van der Waals surface area contributed by atoms with E-state index in [9.17, 15) is 9.59 Å². The van der Waals surface area contributed by atoms with E-state index in [1.807, 2.05) is 25.1 Å². The fourth-order valence-electron chi connectivity index (χ4n) is 2.06. The standard InChI is InChI=1S/C15H14N4O3S/c1-9-2-3-10-12(8-9)23-15(16-10)17-14(22)11-4-6-19(18-11)7-5-13(20)21/h2-4,6,8H,5,7H2,1H3,(H,20,21)(H,16,17,22).